The van der Waals surface area contributed by atoms with Gasteiger partial charge in [-0.3, -0.25) is 4.79 Å². The van der Waals surface area contributed by atoms with E-state index in [-0.39, 0.29) is 23.2 Å². The molecule has 7 heteroatoms. The fourth-order valence-corrected chi connectivity index (χ4v) is 6.35. The van der Waals surface area contributed by atoms with Crippen LogP contribution in [0.5, 0.6) is 0 Å². The molecule has 2 atom stereocenters. The first-order chi connectivity index (χ1) is 10.1. The molecule has 0 unspecified atom stereocenters. The van der Waals surface area contributed by atoms with Gasteiger partial charge in [-0.05, 0) is 37.1 Å². The van der Waals surface area contributed by atoms with Gasteiger partial charge >= 0.3 is 0 Å². The van der Waals surface area contributed by atoms with E-state index in [1.165, 1.54) is 11.3 Å². The van der Waals surface area contributed by atoms with Crippen molar-refractivity contribution in [2.24, 2.45) is 0 Å². The Kier molecular flexibility index (Phi) is 3.13. The van der Waals surface area contributed by atoms with E-state index < -0.39 is 10.0 Å². The second kappa shape index (κ2) is 4.79. The molecule has 0 N–H and O–H groups in total. The fraction of sp³-hybridized carbons (Fsp3) is 0.643. The smallest absolute Gasteiger partial charge is 0.255 e. The van der Waals surface area contributed by atoms with Gasteiger partial charge in [0.25, 0.3) is 5.91 Å². The van der Waals surface area contributed by atoms with Crippen molar-refractivity contribution in [2.45, 2.75) is 43.0 Å². The third-order valence-corrected chi connectivity index (χ3v) is 7.93. The predicted octanol–water partition coefficient (Wildman–Crippen LogP) is 1.53. The topological polar surface area (TPSA) is 57.7 Å². The van der Waals surface area contributed by atoms with Gasteiger partial charge in [0, 0.05) is 30.6 Å². The predicted molar refractivity (Wildman–Crippen MR) is 80.8 cm³/mol. The maximum atomic E-state index is 12.5. The second-order valence-corrected chi connectivity index (χ2v) is 9.02. The molecule has 3 fully saturated rings. The van der Waals surface area contributed by atoms with Gasteiger partial charge in [-0.15, -0.1) is 0 Å². The lowest BCUT2D eigenvalue weighted by molar-refractivity contribution is 0.0735. The summed E-state index contributed by atoms with van der Waals surface area (Å²) in [6, 6.07) is 1.90. The number of amides is 1. The molecule has 5 nitrogen and oxygen atoms in total. The van der Waals surface area contributed by atoms with Crippen LogP contribution in [0.15, 0.2) is 16.8 Å². The molecular formula is C14H18N2O3S2. The van der Waals surface area contributed by atoms with Crippen LogP contribution in [-0.4, -0.2) is 54.0 Å². The highest BCUT2D eigenvalue weighted by Crippen LogP contribution is 2.39. The van der Waals surface area contributed by atoms with E-state index in [0.717, 1.165) is 31.2 Å². The largest absolute Gasteiger partial charge is 0.334 e. The molecule has 21 heavy (non-hydrogen) atoms. The van der Waals surface area contributed by atoms with E-state index in [9.17, 15) is 13.2 Å². The van der Waals surface area contributed by atoms with Crippen molar-refractivity contribution in [1.29, 1.82) is 0 Å². The highest BCUT2D eigenvalue weighted by molar-refractivity contribution is 7.90. The van der Waals surface area contributed by atoms with Crippen LogP contribution < -0.4 is 0 Å². The zero-order valence-electron chi connectivity index (χ0n) is 11.6. The molecule has 1 aromatic rings. The molecule has 3 heterocycles. The van der Waals surface area contributed by atoms with Gasteiger partial charge in [0.2, 0.25) is 10.0 Å². The van der Waals surface area contributed by atoms with Crippen LogP contribution in [0.2, 0.25) is 0 Å². The average molecular weight is 326 g/mol. The summed E-state index contributed by atoms with van der Waals surface area (Å²) in [5.74, 6) is 0.0504. The molecule has 0 aromatic carbocycles. The molecule has 1 saturated carbocycles. The molecular weight excluding hydrogens is 308 g/mol. The van der Waals surface area contributed by atoms with Gasteiger partial charge in [-0.25, -0.2) is 8.42 Å². The van der Waals surface area contributed by atoms with Crippen LogP contribution in [-0.2, 0) is 10.0 Å². The molecule has 114 valence electrons. The third kappa shape index (κ3) is 2.13. The van der Waals surface area contributed by atoms with E-state index in [0.29, 0.717) is 13.1 Å². The number of hydrogen-bond acceptors (Lipinski definition) is 4. The lowest BCUT2D eigenvalue weighted by atomic mass is 10.1. The van der Waals surface area contributed by atoms with Gasteiger partial charge in [0.05, 0.1) is 10.8 Å². The van der Waals surface area contributed by atoms with Gasteiger partial charge in [0.15, 0.2) is 0 Å². The lowest BCUT2D eigenvalue weighted by Gasteiger charge is -2.25. The van der Waals surface area contributed by atoms with Gasteiger partial charge < -0.3 is 4.90 Å². The second-order valence-electron chi connectivity index (χ2n) is 6.08. The van der Waals surface area contributed by atoms with E-state index in [2.05, 4.69) is 0 Å². The number of carbonyl (C=O) groups is 1. The Labute approximate surface area is 128 Å². The van der Waals surface area contributed by atoms with E-state index >= 15 is 0 Å². The van der Waals surface area contributed by atoms with Crippen molar-refractivity contribution in [1.82, 2.24) is 9.21 Å². The monoisotopic (exact) mass is 326 g/mol. The standard InChI is InChI=1S/C14H18N2O3S2/c17-14(10-5-8-20-9-10)15-6-3-13-12(15)4-7-16(13)21(18,19)11-1-2-11/h5,8-9,11-13H,1-4,6-7H2/t12-,13+/m0/s1. The number of likely N-dealkylation sites (tertiary alicyclic amines) is 1. The van der Waals surface area contributed by atoms with Crippen LogP contribution in [0.3, 0.4) is 0 Å². The number of carbonyl (C=O) groups excluding carboxylic acids is 1. The summed E-state index contributed by atoms with van der Waals surface area (Å²) in [6.07, 6.45) is 3.14. The maximum absolute atomic E-state index is 12.5. The quantitative estimate of drug-likeness (QED) is 0.846. The number of thiophene rings is 1. The molecule has 1 aromatic heterocycles. The van der Waals surface area contributed by atoms with Gasteiger partial charge in [-0.1, -0.05) is 0 Å². The van der Waals surface area contributed by atoms with E-state index in [1.807, 2.05) is 21.7 Å². The molecule has 2 saturated heterocycles. The Bertz CT molecular complexity index is 652. The summed E-state index contributed by atoms with van der Waals surface area (Å²) in [5, 5.41) is 3.61. The Morgan fingerprint density at radius 3 is 2.57 bits per heavy atom. The van der Waals surface area contributed by atoms with Crippen LogP contribution in [0.4, 0.5) is 0 Å². The lowest BCUT2D eigenvalue weighted by Crippen LogP contribution is -2.42. The summed E-state index contributed by atoms with van der Waals surface area (Å²) < 4.78 is 26.6. The maximum Gasteiger partial charge on any atom is 0.255 e. The zero-order valence-corrected chi connectivity index (χ0v) is 13.3. The SMILES string of the molecule is O=C(c1ccsc1)N1CC[C@@H]2[C@@H]1CCN2S(=O)(=O)C1CC1. The minimum absolute atomic E-state index is 0.00168. The summed E-state index contributed by atoms with van der Waals surface area (Å²) >= 11 is 1.52. The third-order valence-electron chi connectivity index (χ3n) is 4.83. The van der Waals surface area contributed by atoms with Crippen LogP contribution in [0, 0.1) is 0 Å². The minimum atomic E-state index is -3.13. The first kappa shape index (κ1) is 13.7. The van der Waals surface area contributed by atoms with Crippen molar-refractivity contribution < 1.29 is 13.2 Å². The van der Waals surface area contributed by atoms with Crippen molar-refractivity contribution in [3.63, 3.8) is 0 Å². The zero-order chi connectivity index (χ0) is 14.6. The number of hydrogen-bond donors (Lipinski definition) is 0. The normalized spacial score (nSPS) is 29.8. The Morgan fingerprint density at radius 2 is 1.90 bits per heavy atom. The summed E-state index contributed by atoms with van der Waals surface area (Å²) in [4.78, 5) is 14.4. The highest BCUT2D eigenvalue weighted by atomic mass is 32.2. The van der Waals surface area contributed by atoms with Crippen LogP contribution in [0.25, 0.3) is 0 Å². The highest BCUT2D eigenvalue weighted by Gasteiger charge is 2.52. The van der Waals surface area contributed by atoms with Gasteiger partial charge in [-0.2, -0.15) is 15.6 Å². The number of nitrogens with zero attached hydrogens (tertiary/aromatic N) is 2. The Hall–Kier alpha value is -0.920. The minimum Gasteiger partial charge on any atom is -0.334 e. The van der Waals surface area contributed by atoms with Crippen molar-refractivity contribution >= 4 is 27.3 Å². The van der Waals surface area contributed by atoms with Gasteiger partial charge in [0.1, 0.15) is 0 Å². The van der Waals surface area contributed by atoms with Crippen molar-refractivity contribution in [3.05, 3.63) is 22.4 Å². The molecule has 3 aliphatic rings. The molecule has 2 aliphatic heterocycles. The molecule has 4 rings (SSSR count). The Morgan fingerprint density at radius 1 is 1.14 bits per heavy atom. The van der Waals surface area contributed by atoms with Crippen molar-refractivity contribution in [2.75, 3.05) is 13.1 Å². The number of rotatable bonds is 3. The number of sulfonamides is 1. The average Bonchev–Trinajstić information content (AvgIpc) is 2.91. The van der Waals surface area contributed by atoms with Crippen molar-refractivity contribution in [3.8, 4) is 0 Å². The first-order valence-corrected chi connectivity index (χ1v) is 9.87. The van der Waals surface area contributed by atoms with Crippen LogP contribution >= 0.6 is 11.3 Å². The summed E-state index contributed by atoms with van der Waals surface area (Å²) in [6.45, 7) is 1.24. The molecule has 0 spiro atoms. The van der Waals surface area contributed by atoms with E-state index in [1.54, 1.807) is 4.31 Å². The van der Waals surface area contributed by atoms with Crippen LogP contribution in [0.1, 0.15) is 36.0 Å². The molecule has 0 radical (unpaired) electrons. The summed E-state index contributed by atoms with van der Waals surface area (Å²) in [7, 11) is -3.13. The molecule has 1 aliphatic carbocycles. The number of fused-ring (bicyclic) bond motifs is 1. The first-order valence-electron chi connectivity index (χ1n) is 7.43. The fourth-order valence-electron chi connectivity index (χ4n) is 3.62. The summed E-state index contributed by atoms with van der Waals surface area (Å²) in [5.41, 5.74) is 0.726. The molecule has 0 bridgehead atoms. The molecule has 1 amide bonds. The van der Waals surface area contributed by atoms with E-state index in [4.69, 9.17) is 0 Å². The Balaban J connectivity index is 1.55.